The Hall–Kier alpha value is -2.24. The maximum absolute atomic E-state index is 11.7. The van der Waals surface area contributed by atoms with Crippen molar-refractivity contribution in [3.05, 3.63) is 63.6 Å². The standard InChI is InChI=1S/C18H18Cl2N2O3/c1-12-4-6-13(7-5-12)18(21)22-25-17(23)3-2-10-24-16-9-8-14(19)11-15(16)20/h4-9,11H,2-3,10H2,1H3,(H2,21,22). The van der Waals surface area contributed by atoms with Crippen molar-refractivity contribution in [1.82, 2.24) is 0 Å². The molecule has 0 unspecified atom stereocenters. The van der Waals surface area contributed by atoms with Gasteiger partial charge in [0.15, 0.2) is 5.84 Å². The summed E-state index contributed by atoms with van der Waals surface area (Å²) >= 11 is 11.8. The number of nitrogens with zero attached hydrogens (tertiary/aromatic N) is 1. The molecule has 0 aliphatic rings. The van der Waals surface area contributed by atoms with Crippen LogP contribution in [0.1, 0.15) is 24.0 Å². The fourth-order valence-electron chi connectivity index (χ4n) is 1.91. The molecule has 7 heteroatoms. The van der Waals surface area contributed by atoms with Gasteiger partial charge in [-0.05, 0) is 31.5 Å². The van der Waals surface area contributed by atoms with Crippen LogP contribution in [0.5, 0.6) is 5.75 Å². The fourth-order valence-corrected chi connectivity index (χ4v) is 2.38. The number of nitrogens with two attached hydrogens (primary N) is 1. The smallest absolute Gasteiger partial charge is 0.335 e. The highest BCUT2D eigenvalue weighted by Crippen LogP contribution is 2.27. The van der Waals surface area contributed by atoms with Crippen LogP contribution >= 0.6 is 23.2 Å². The van der Waals surface area contributed by atoms with Crippen LogP contribution in [-0.2, 0) is 9.63 Å². The summed E-state index contributed by atoms with van der Waals surface area (Å²) in [5.74, 6) is 0.180. The molecule has 0 atom stereocenters. The molecule has 0 aliphatic carbocycles. The second kappa shape index (κ2) is 9.30. The number of halogens is 2. The zero-order valence-corrected chi connectivity index (χ0v) is 15.2. The Kier molecular flexibility index (Phi) is 7.10. The summed E-state index contributed by atoms with van der Waals surface area (Å²) in [6, 6.07) is 12.4. The average molecular weight is 381 g/mol. The number of ether oxygens (including phenoxy) is 1. The maximum atomic E-state index is 11.7. The molecule has 0 aliphatic heterocycles. The zero-order valence-electron chi connectivity index (χ0n) is 13.7. The van der Waals surface area contributed by atoms with Crippen LogP contribution in [0.2, 0.25) is 10.0 Å². The van der Waals surface area contributed by atoms with Crippen LogP contribution in [0.4, 0.5) is 0 Å². The lowest BCUT2D eigenvalue weighted by molar-refractivity contribution is -0.143. The predicted octanol–water partition coefficient (Wildman–Crippen LogP) is 4.32. The molecule has 0 radical (unpaired) electrons. The van der Waals surface area contributed by atoms with Gasteiger partial charge in [-0.3, -0.25) is 0 Å². The van der Waals surface area contributed by atoms with Gasteiger partial charge >= 0.3 is 5.97 Å². The molecule has 0 saturated carbocycles. The highest BCUT2D eigenvalue weighted by molar-refractivity contribution is 6.35. The molecule has 2 aromatic rings. The lowest BCUT2D eigenvalue weighted by Crippen LogP contribution is -2.15. The van der Waals surface area contributed by atoms with Crippen molar-refractivity contribution in [2.45, 2.75) is 19.8 Å². The highest BCUT2D eigenvalue weighted by atomic mass is 35.5. The quantitative estimate of drug-likeness (QED) is 0.255. The lowest BCUT2D eigenvalue weighted by Gasteiger charge is -2.07. The minimum absolute atomic E-state index is 0.149. The first-order valence-corrected chi connectivity index (χ1v) is 8.39. The molecule has 0 amide bonds. The zero-order chi connectivity index (χ0) is 18.2. The Balaban J connectivity index is 1.73. The number of hydrogen-bond acceptors (Lipinski definition) is 4. The fraction of sp³-hybridized carbons (Fsp3) is 0.222. The van der Waals surface area contributed by atoms with Crippen LogP contribution in [0.25, 0.3) is 0 Å². The molecule has 2 N–H and O–H groups in total. The van der Waals surface area contributed by atoms with E-state index >= 15 is 0 Å². The lowest BCUT2D eigenvalue weighted by atomic mass is 10.1. The van der Waals surface area contributed by atoms with Crippen molar-refractivity contribution in [3.63, 3.8) is 0 Å². The maximum Gasteiger partial charge on any atom is 0.335 e. The third-order valence-corrected chi connectivity index (χ3v) is 3.80. The third kappa shape index (κ3) is 6.29. The summed E-state index contributed by atoms with van der Waals surface area (Å²) in [5.41, 5.74) is 7.58. The number of hydrogen-bond donors (Lipinski definition) is 1. The van der Waals surface area contributed by atoms with Gasteiger partial charge in [-0.15, -0.1) is 0 Å². The second-order valence-corrected chi connectivity index (χ2v) is 6.18. The molecule has 5 nitrogen and oxygen atoms in total. The largest absolute Gasteiger partial charge is 0.492 e. The van der Waals surface area contributed by atoms with E-state index in [-0.39, 0.29) is 12.3 Å². The van der Waals surface area contributed by atoms with Crippen molar-refractivity contribution in [2.75, 3.05) is 6.61 Å². The number of amidine groups is 1. The van der Waals surface area contributed by atoms with E-state index in [0.29, 0.717) is 34.4 Å². The number of carbonyl (C=O) groups is 1. The normalized spacial score (nSPS) is 11.2. The van der Waals surface area contributed by atoms with E-state index in [1.807, 2.05) is 31.2 Å². The Morgan fingerprint density at radius 1 is 1.16 bits per heavy atom. The van der Waals surface area contributed by atoms with Gasteiger partial charge in [-0.25, -0.2) is 4.79 Å². The SMILES string of the molecule is Cc1ccc(/C(N)=N/OC(=O)CCCOc2ccc(Cl)cc2Cl)cc1. The topological polar surface area (TPSA) is 73.9 Å². The second-order valence-electron chi connectivity index (χ2n) is 5.33. The van der Waals surface area contributed by atoms with Crippen molar-refractivity contribution in [3.8, 4) is 5.75 Å². The summed E-state index contributed by atoms with van der Waals surface area (Å²) in [4.78, 5) is 16.5. The molecule has 0 spiro atoms. The molecule has 2 rings (SSSR count). The molecule has 0 saturated heterocycles. The average Bonchev–Trinajstić information content (AvgIpc) is 2.58. The molecule has 132 valence electrons. The molecule has 2 aromatic carbocycles. The first kappa shape index (κ1) is 19.1. The van der Waals surface area contributed by atoms with Crippen LogP contribution in [0, 0.1) is 6.92 Å². The first-order valence-electron chi connectivity index (χ1n) is 7.64. The van der Waals surface area contributed by atoms with Gasteiger partial charge in [-0.2, -0.15) is 0 Å². The van der Waals surface area contributed by atoms with E-state index < -0.39 is 5.97 Å². The number of rotatable bonds is 7. The molecular weight excluding hydrogens is 363 g/mol. The van der Waals surface area contributed by atoms with E-state index in [0.717, 1.165) is 5.56 Å². The molecule has 0 heterocycles. The molecule has 0 fully saturated rings. The summed E-state index contributed by atoms with van der Waals surface area (Å²) in [6.45, 7) is 2.28. The molecule has 0 aromatic heterocycles. The van der Waals surface area contributed by atoms with Gasteiger partial charge in [0.2, 0.25) is 0 Å². The van der Waals surface area contributed by atoms with E-state index in [1.165, 1.54) is 0 Å². The van der Waals surface area contributed by atoms with E-state index in [2.05, 4.69) is 5.16 Å². The monoisotopic (exact) mass is 380 g/mol. The van der Waals surface area contributed by atoms with Crippen LogP contribution in [-0.4, -0.2) is 18.4 Å². The summed E-state index contributed by atoms with van der Waals surface area (Å²) in [5, 5.41) is 4.61. The van der Waals surface area contributed by atoms with Crippen LogP contribution in [0.15, 0.2) is 47.6 Å². The number of aryl methyl sites for hydroxylation is 1. The minimum Gasteiger partial charge on any atom is -0.492 e. The van der Waals surface area contributed by atoms with Crippen LogP contribution in [0.3, 0.4) is 0 Å². The molecule has 0 bridgehead atoms. The van der Waals surface area contributed by atoms with Gasteiger partial charge in [-0.1, -0.05) is 58.2 Å². The third-order valence-electron chi connectivity index (χ3n) is 3.27. The Morgan fingerprint density at radius 2 is 1.88 bits per heavy atom. The number of oxime groups is 1. The van der Waals surface area contributed by atoms with E-state index in [1.54, 1.807) is 18.2 Å². The minimum atomic E-state index is -0.485. The summed E-state index contributed by atoms with van der Waals surface area (Å²) in [6.07, 6.45) is 0.605. The molecular formula is C18H18Cl2N2O3. The van der Waals surface area contributed by atoms with E-state index in [4.69, 9.17) is 38.5 Å². The summed E-state index contributed by atoms with van der Waals surface area (Å²) in [7, 11) is 0. The predicted molar refractivity (Wildman–Crippen MR) is 99.2 cm³/mol. The van der Waals surface area contributed by atoms with Gasteiger partial charge in [0, 0.05) is 10.6 Å². The highest BCUT2D eigenvalue weighted by Gasteiger charge is 2.06. The number of benzene rings is 2. The van der Waals surface area contributed by atoms with Gasteiger partial charge in [0.05, 0.1) is 18.1 Å². The Bertz CT molecular complexity index is 761. The van der Waals surface area contributed by atoms with Crippen molar-refractivity contribution >= 4 is 35.0 Å². The summed E-state index contributed by atoms with van der Waals surface area (Å²) < 4.78 is 5.49. The van der Waals surface area contributed by atoms with E-state index in [9.17, 15) is 4.79 Å². The van der Waals surface area contributed by atoms with Crippen molar-refractivity contribution in [2.24, 2.45) is 10.9 Å². The van der Waals surface area contributed by atoms with Crippen LogP contribution < -0.4 is 10.5 Å². The Morgan fingerprint density at radius 3 is 2.56 bits per heavy atom. The molecule has 25 heavy (non-hydrogen) atoms. The first-order chi connectivity index (χ1) is 12.0. The van der Waals surface area contributed by atoms with Gasteiger partial charge < -0.3 is 15.3 Å². The van der Waals surface area contributed by atoms with Crippen molar-refractivity contribution < 1.29 is 14.4 Å². The Labute approximate surface area is 156 Å². The van der Waals surface area contributed by atoms with Gasteiger partial charge in [0.25, 0.3) is 0 Å². The van der Waals surface area contributed by atoms with Crippen molar-refractivity contribution in [1.29, 1.82) is 0 Å². The number of carbonyl (C=O) groups excluding carboxylic acids is 1. The van der Waals surface area contributed by atoms with Gasteiger partial charge in [0.1, 0.15) is 5.75 Å².